The van der Waals surface area contributed by atoms with Gasteiger partial charge in [0.1, 0.15) is 17.4 Å². The normalized spacial score (nSPS) is 21.9. The van der Waals surface area contributed by atoms with Crippen LogP contribution in [0.4, 0.5) is 0 Å². The summed E-state index contributed by atoms with van der Waals surface area (Å²) in [6.07, 6.45) is 0.840. The van der Waals surface area contributed by atoms with E-state index in [9.17, 15) is 9.59 Å². The highest BCUT2D eigenvalue weighted by Crippen LogP contribution is 2.28. The SMILES string of the molecule is CCc1oc2ccccc2c1CN1CCN2C(=O)CNC(=O)C2C1. The molecule has 2 fully saturated rings. The molecule has 1 aromatic heterocycles. The van der Waals surface area contributed by atoms with Crippen LogP contribution in [-0.2, 0) is 22.6 Å². The Bertz CT molecular complexity index is 798. The molecule has 1 unspecified atom stereocenters. The maximum atomic E-state index is 12.1. The molecule has 2 aliphatic heterocycles. The summed E-state index contributed by atoms with van der Waals surface area (Å²) in [5, 5.41) is 3.83. The average molecular weight is 327 g/mol. The second-order valence-corrected chi connectivity index (χ2v) is 6.41. The van der Waals surface area contributed by atoms with Gasteiger partial charge in [0.05, 0.1) is 6.54 Å². The third kappa shape index (κ3) is 2.47. The smallest absolute Gasteiger partial charge is 0.244 e. The summed E-state index contributed by atoms with van der Waals surface area (Å²) in [6.45, 7) is 4.91. The maximum Gasteiger partial charge on any atom is 0.244 e. The molecule has 0 bridgehead atoms. The molecule has 0 radical (unpaired) electrons. The van der Waals surface area contributed by atoms with E-state index in [0.717, 1.165) is 36.2 Å². The van der Waals surface area contributed by atoms with E-state index in [1.165, 1.54) is 5.56 Å². The third-order valence-electron chi connectivity index (χ3n) is 4.99. The molecule has 2 saturated heterocycles. The number of rotatable bonds is 3. The molecule has 1 N–H and O–H groups in total. The van der Waals surface area contributed by atoms with Gasteiger partial charge in [-0.05, 0) is 6.07 Å². The van der Waals surface area contributed by atoms with E-state index in [4.69, 9.17) is 4.42 Å². The van der Waals surface area contributed by atoms with Crippen molar-refractivity contribution in [2.24, 2.45) is 0 Å². The van der Waals surface area contributed by atoms with Gasteiger partial charge in [-0.1, -0.05) is 25.1 Å². The highest BCUT2D eigenvalue weighted by molar-refractivity contribution is 5.95. The number of fused-ring (bicyclic) bond motifs is 2. The average Bonchev–Trinajstić information content (AvgIpc) is 2.96. The fourth-order valence-electron chi connectivity index (χ4n) is 3.72. The fraction of sp³-hybridized carbons (Fsp3) is 0.444. The number of hydrogen-bond donors (Lipinski definition) is 1. The van der Waals surface area contributed by atoms with Crippen LogP contribution in [0.3, 0.4) is 0 Å². The lowest BCUT2D eigenvalue weighted by atomic mass is 10.1. The first-order valence-electron chi connectivity index (χ1n) is 8.46. The van der Waals surface area contributed by atoms with Crippen molar-refractivity contribution in [1.29, 1.82) is 0 Å². The largest absolute Gasteiger partial charge is 0.461 e. The Hall–Kier alpha value is -2.34. The molecule has 1 aromatic carbocycles. The van der Waals surface area contributed by atoms with Crippen molar-refractivity contribution in [3.05, 3.63) is 35.6 Å². The van der Waals surface area contributed by atoms with E-state index >= 15 is 0 Å². The highest BCUT2D eigenvalue weighted by atomic mass is 16.3. The third-order valence-corrected chi connectivity index (χ3v) is 4.99. The summed E-state index contributed by atoms with van der Waals surface area (Å²) >= 11 is 0. The minimum atomic E-state index is -0.372. The van der Waals surface area contributed by atoms with Crippen molar-refractivity contribution in [1.82, 2.24) is 15.1 Å². The molecule has 1 atom stereocenters. The highest BCUT2D eigenvalue weighted by Gasteiger charge is 2.38. The number of aryl methyl sites for hydroxylation is 1. The van der Waals surface area contributed by atoms with Crippen molar-refractivity contribution in [2.45, 2.75) is 25.9 Å². The molecule has 3 heterocycles. The first-order valence-corrected chi connectivity index (χ1v) is 8.46. The molecule has 4 rings (SSSR count). The summed E-state index contributed by atoms with van der Waals surface area (Å²) in [6, 6.07) is 7.70. The van der Waals surface area contributed by atoms with Crippen molar-refractivity contribution in [2.75, 3.05) is 26.2 Å². The number of carbonyl (C=O) groups is 2. The number of amides is 2. The van der Waals surface area contributed by atoms with Crippen LogP contribution in [-0.4, -0.2) is 53.8 Å². The van der Waals surface area contributed by atoms with Gasteiger partial charge < -0.3 is 14.6 Å². The van der Waals surface area contributed by atoms with Crippen LogP contribution in [0.2, 0.25) is 0 Å². The Kier molecular flexibility index (Phi) is 3.76. The number of para-hydroxylation sites is 1. The van der Waals surface area contributed by atoms with Gasteiger partial charge in [-0.3, -0.25) is 14.5 Å². The molecule has 0 aliphatic carbocycles. The van der Waals surface area contributed by atoms with E-state index < -0.39 is 0 Å². The number of nitrogens with zero attached hydrogens (tertiary/aromatic N) is 2. The first kappa shape index (κ1) is 15.2. The zero-order chi connectivity index (χ0) is 16.7. The summed E-state index contributed by atoms with van der Waals surface area (Å²) in [4.78, 5) is 28.0. The molecule has 0 spiro atoms. The first-order chi connectivity index (χ1) is 11.7. The quantitative estimate of drug-likeness (QED) is 0.918. The lowest BCUT2D eigenvalue weighted by Gasteiger charge is -2.42. The second kappa shape index (κ2) is 5.94. The number of nitrogens with one attached hydrogen (secondary N) is 1. The Morgan fingerprint density at radius 1 is 1.25 bits per heavy atom. The van der Waals surface area contributed by atoms with Crippen LogP contribution in [0.25, 0.3) is 11.0 Å². The Morgan fingerprint density at radius 3 is 2.92 bits per heavy atom. The molecular weight excluding hydrogens is 306 g/mol. The standard InChI is InChI=1S/C18H21N3O3/c1-2-15-13(12-5-3-4-6-16(12)24-15)10-20-7-8-21-14(11-20)18(23)19-9-17(21)22/h3-6,14H,2,7-11H2,1H3,(H,19,23). The molecular formula is C18H21N3O3. The molecule has 0 saturated carbocycles. The van der Waals surface area contributed by atoms with Gasteiger partial charge in [0.15, 0.2) is 0 Å². The Morgan fingerprint density at radius 2 is 2.08 bits per heavy atom. The van der Waals surface area contributed by atoms with E-state index in [0.29, 0.717) is 13.1 Å². The van der Waals surface area contributed by atoms with Gasteiger partial charge in [0.25, 0.3) is 0 Å². The Balaban J connectivity index is 1.58. The van der Waals surface area contributed by atoms with Crippen molar-refractivity contribution < 1.29 is 14.0 Å². The predicted octanol–water partition coefficient (Wildman–Crippen LogP) is 1.14. The summed E-state index contributed by atoms with van der Waals surface area (Å²) in [5.41, 5.74) is 2.11. The van der Waals surface area contributed by atoms with Crippen LogP contribution in [0.15, 0.2) is 28.7 Å². The molecule has 6 nitrogen and oxygen atoms in total. The minimum absolute atomic E-state index is 0.0160. The van der Waals surface area contributed by atoms with Gasteiger partial charge >= 0.3 is 0 Å². The van der Waals surface area contributed by atoms with E-state index in [1.54, 1.807) is 4.90 Å². The van der Waals surface area contributed by atoms with Gasteiger partial charge in [-0.2, -0.15) is 0 Å². The lowest BCUT2D eigenvalue weighted by Crippen LogP contribution is -2.65. The molecule has 2 aromatic rings. The summed E-state index contributed by atoms with van der Waals surface area (Å²) in [5.74, 6) is 0.970. The lowest BCUT2D eigenvalue weighted by molar-refractivity contribution is -0.149. The van der Waals surface area contributed by atoms with Crippen LogP contribution < -0.4 is 5.32 Å². The second-order valence-electron chi connectivity index (χ2n) is 6.41. The fourth-order valence-corrected chi connectivity index (χ4v) is 3.72. The summed E-state index contributed by atoms with van der Waals surface area (Å²) in [7, 11) is 0. The number of piperazine rings is 2. The van der Waals surface area contributed by atoms with Crippen LogP contribution in [0.5, 0.6) is 0 Å². The van der Waals surface area contributed by atoms with Crippen molar-refractivity contribution in [3.63, 3.8) is 0 Å². The van der Waals surface area contributed by atoms with Crippen molar-refractivity contribution >= 4 is 22.8 Å². The van der Waals surface area contributed by atoms with Crippen LogP contribution in [0, 0.1) is 0 Å². The molecule has 2 aliphatic rings. The van der Waals surface area contributed by atoms with Gasteiger partial charge in [-0.25, -0.2) is 0 Å². The van der Waals surface area contributed by atoms with Crippen LogP contribution in [0.1, 0.15) is 18.2 Å². The van der Waals surface area contributed by atoms with Gasteiger partial charge in [0, 0.05) is 43.5 Å². The number of furan rings is 1. The Labute approximate surface area is 140 Å². The zero-order valence-electron chi connectivity index (χ0n) is 13.7. The van der Waals surface area contributed by atoms with E-state index in [2.05, 4.69) is 23.2 Å². The van der Waals surface area contributed by atoms with Gasteiger partial charge in [0.2, 0.25) is 11.8 Å². The topological polar surface area (TPSA) is 65.8 Å². The molecule has 2 amide bonds. The molecule has 24 heavy (non-hydrogen) atoms. The number of carbonyl (C=O) groups excluding carboxylic acids is 2. The zero-order valence-corrected chi connectivity index (χ0v) is 13.7. The van der Waals surface area contributed by atoms with Crippen LogP contribution >= 0.6 is 0 Å². The predicted molar refractivity (Wildman–Crippen MR) is 89.4 cm³/mol. The van der Waals surface area contributed by atoms with Crippen molar-refractivity contribution in [3.8, 4) is 0 Å². The van der Waals surface area contributed by atoms with E-state index in [1.807, 2.05) is 18.2 Å². The maximum absolute atomic E-state index is 12.1. The monoisotopic (exact) mass is 327 g/mol. The van der Waals surface area contributed by atoms with Gasteiger partial charge in [-0.15, -0.1) is 0 Å². The minimum Gasteiger partial charge on any atom is -0.461 e. The summed E-state index contributed by atoms with van der Waals surface area (Å²) < 4.78 is 5.96. The number of benzene rings is 1. The van der Waals surface area contributed by atoms with E-state index in [-0.39, 0.29) is 24.4 Å². The molecule has 6 heteroatoms. The number of hydrogen-bond acceptors (Lipinski definition) is 4. The molecule has 126 valence electrons.